The molecule has 0 aliphatic carbocycles. The summed E-state index contributed by atoms with van der Waals surface area (Å²) in [4.78, 5) is 4.90. The number of nitriles is 2. The van der Waals surface area contributed by atoms with Crippen LogP contribution < -0.4 is 4.74 Å². The minimum Gasteiger partial charge on any atom is -0.491 e. The summed E-state index contributed by atoms with van der Waals surface area (Å²) in [6.07, 6.45) is 0. The van der Waals surface area contributed by atoms with E-state index >= 15 is 0 Å². The van der Waals surface area contributed by atoms with E-state index < -0.39 is 0 Å². The number of ether oxygens (including phenoxy) is 1. The number of likely N-dealkylation sites (tertiary alicyclic amines) is 2. The monoisotopic (exact) mass is 390 g/mol. The Morgan fingerprint density at radius 3 is 2.28 bits per heavy atom. The zero-order chi connectivity index (χ0) is 20.2. The molecule has 2 heterocycles. The largest absolute Gasteiger partial charge is 0.491 e. The van der Waals surface area contributed by atoms with Crippen LogP contribution in [0.25, 0.3) is 0 Å². The molecule has 4 rings (SSSR count). The van der Waals surface area contributed by atoms with E-state index in [9.17, 15) is 9.65 Å². The third-order valence-electron chi connectivity index (χ3n) is 5.85. The van der Waals surface area contributed by atoms with Gasteiger partial charge in [-0.2, -0.15) is 10.5 Å². The first-order valence-corrected chi connectivity index (χ1v) is 9.91. The average molecular weight is 390 g/mol. The second-order valence-corrected chi connectivity index (χ2v) is 7.88. The van der Waals surface area contributed by atoms with E-state index in [1.807, 2.05) is 18.2 Å². The zero-order valence-electron chi connectivity index (χ0n) is 16.2. The lowest BCUT2D eigenvalue weighted by atomic mass is 10.0. The van der Waals surface area contributed by atoms with Gasteiger partial charge in [0.2, 0.25) is 0 Å². The molecule has 0 saturated carbocycles. The van der Waals surface area contributed by atoms with E-state index in [4.69, 9.17) is 10.00 Å². The third kappa shape index (κ3) is 4.56. The molecule has 2 aromatic rings. The fraction of sp³-hybridized carbons (Fsp3) is 0.391. The van der Waals surface area contributed by atoms with Gasteiger partial charge in [0, 0.05) is 39.3 Å². The van der Waals surface area contributed by atoms with Crippen LogP contribution in [0.2, 0.25) is 0 Å². The van der Waals surface area contributed by atoms with Crippen LogP contribution in [0.4, 0.5) is 4.39 Å². The molecule has 148 valence electrons. The minimum absolute atomic E-state index is 0.187. The van der Waals surface area contributed by atoms with Gasteiger partial charge in [0.05, 0.1) is 17.2 Å². The number of halogens is 1. The van der Waals surface area contributed by atoms with Gasteiger partial charge >= 0.3 is 0 Å². The van der Waals surface area contributed by atoms with Gasteiger partial charge in [0.25, 0.3) is 0 Å². The maximum Gasteiger partial charge on any atom is 0.137 e. The zero-order valence-corrected chi connectivity index (χ0v) is 16.2. The standard InChI is InChI=1S/C23H23FN4O/c24-22-4-1-17(2-5-22)12-28-15-20-13-27(14-21(20)16-28)7-8-29-23-6-3-18(10-25)9-19(23)11-26/h1-6,9,20-21H,7-8,12-16H2. The first-order valence-electron chi connectivity index (χ1n) is 9.91. The highest BCUT2D eigenvalue weighted by Gasteiger charge is 2.39. The van der Waals surface area contributed by atoms with Gasteiger partial charge in [-0.1, -0.05) is 12.1 Å². The van der Waals surface area contributed by atoms with Crippen molar-refractivity contribution in [2.45, 2.75) is 6.54 Å². The maximum atomic E-state index is 13.1. The summed E-state index contributed by atoms with van der Waals surface area (Å²) in [5.41, 5.74) is 2.03. The fourth-order valence-electron chi connectivity index (χ4n) is 4.44. The topological polar surface area (TPSA) is 63.3 Å². The number of hydrogen-bond donors (Lipinski definition) is 0. The highest BCUT2D eigenvalue weighted by molar-refractivity contribution is 5.48. The number of fused-ring (bicyclic) bond motifs is 1. The van der Waals surface area contributed by atoms with E-state index in [1.165, 1.54) is 12.1 Å². The Balaban J connectivity index is 1.23. The molecule has 0 amide bonds. The van der Waals surface area contributed by atoms with E-state index in [1.54, 1.807) is 18.2 Å². The van der Waals surface area contributed by atoms with Crippen molar-refractivity contribution in [1.82, 2.24) is 9.80 Å². The first-order chi connectivity index (χ1) is 14.1. The van der Waals surface area contributed by atoms with Gasteiger partial charge in [-0.15, -0.1) is 0 Å². The van der Waals surface area contributed by atoms with E-state index in [2.05, 4.69) is 15.9 Å². The molecule has 2 fully saturated rings. The van der Waals surface area contributed by atoms with Crippen LogP contribution in [0.15, 0.2) is 42.5 Å². The fourth-order valence-corrected chi connectivity index (χ4v) is 4.44. The number of rotatable bonds is 6. The molecule has 2 aliphatic heterocycles. The molecule has 2 atom stereocenters. The summed E-state index contributed by atoms with van der Waals surface area (Å²) >= 11 is 0. The van der Waals surface area contributed by atoms with Crippen molar-refractivity contribution in [3.63, 3.8) is 0 Å². The molecule has 0 spiro atoms. The predicted molar refractivity (Wildman–Crippen MR) is 106 cm³/mol. The van der Waals surface area contributed by atoms with Gasteiger partial charge in [-0.05, 0) is 47.7 Å². The molecular weight excluding hydrogens is 367 g/mol. The second kappa shape index (κ2) is 8.61. The van der Waals surface area contributed by atoms with Crippen LogP contribution in [0.1, 0.15) is 16.7 Å². The van der Waals surface area contributed by atoms with Crippen molar-refractivity contribution in [2.75, 3.05) is 39.3 Å². The Hall–Kier alpha value is -2.93. The molecule has 2 aromatic carbocycles. The Morgan fingerprint density at radius 1 is 0.931 bits per heavy atom. The van der Waals surface area contributed by atoms with Crippen LogP contribution in [-0.2, 0) is 6.54 Å². The summed E-state index contributed by atoms with van der Waals surface area (Å²) in [6.45, 7) is 6.52. The van der Waals surface area contributed by atoms with Crippen molar-refractivity contribution in [1.29, 1.82) is 10.5 Å². The predicted octanol–water partition coefficient (Wildman–Crippen LogP) is 3.01. The Bertz CT molecular complexity index is 933. The van der Waals surface area contributed by atoms with Crippen molar-refractivity contribution >= 4 is 0 Å². The van der Waals surface area contributed by atoms with Gasteiger partial charge in [-0.3, -0.25) is 9.80 Å². The van der Waals surface area contributed by atoms with Crippen molar-refractivity contribution in [2.24, 2.45) is 11.8 Å². The Kier molecular flexibility index (Phi) is 5.76. The summed E-state index contributed by atoms with van der Waals surface area (Å²) < 4.78 is 18.9. The van der Waals surface area contributed by atoms with Gasteiger partial charge in [0.1, 0.15) is 24.2 Å². The SMILES string of the molecule is N#Cc1ccc(OCCN2CC3CN(Cc4ccc(F)cc4)CC3C2)c(C#N)c1. The summed E-state index contributed by atoms with van der Waals surface area (Å²) in [7, 11) is 0. The summed E-state index contributed by atoms with van der Waals surface area (Å²) in [5.74, 6) is 1.68. The van der Waals surface area contributed by atoms with E-state index in [0.29, 0.717) is 35.3 Å². The molecule has 0 aromatic heterocycles. The smallest absolute Gasteiger partial charge is 0.137 e. The molecule has 2 saturated heterocycles. The number of benzene rings is 2. The molecule has 0 radical (unpaired) electrons. The van der Waals surface area contributed by atoms with Crippen LogP contribution >= 0.6 is 0 Å². The maximum absolute atomic E-state index is 13.1. The van der Waals surface area contributed by atoms with Gasteiger partial charge in [-0.25, -0.2) is 4.39 Å². The molecule has 6 heteroatoms. The molecule has 2 aliphatic rings. The number of nitrogens with zero attached hydrogens (tertiary/aromatic N) is 4. The van der Waals surface area contributed by atoms with Crippen molar-refractivity contribution in [3.05, 3.63) is 65.0 Å². The second-order valence-electron chi connectivity index (χ2n) is 7.88. The summed E-state index contributed by atoms with van der Waals surface area (Å²) in [5, 5.41) is 18.2. The molecule has 2 unspecified atom stereocenters. The molecule has 5 nitrogen and oxygen atoms in total. The Labute approximate surface area is 170 Å². The summed E-state index contributed by atoms with van der Waals surface area (Å²) in [6, 6.07) is 15.9. The number of hydrogen-bond acceptors (Lipinski definition) is 5. The first kappa shape index (κ1) is 19.4. The van der Waals surface area contributed by atoms with Gasteiger partial charge in [0.15, 0.2) is 0 Å². The van der Waals surface area contributed by atoms with Crippen molar-refractivity contribution < 1.29 is 9.13 Å². The molecule has 0 bridgehead atoms. The van der Waals surface area contributed by atoms with Crippen LogP contribution in [0.3, 0.4) is 0 Å². The Morgan fingerprint density at radius 2 is 1.62 bits per heavy atom. The van der Waals surface area contributed by atoms with Crippen LogP contribution in [-0.4, -0.2) is 49.1 Å². The van der Waals surface area contributed by atoms with Crippen LogP contribution in [0.5, 0.6) is 5.75 Å². The van der Waals surface area contributed by atoms with E-state index in [0.717, 1.165) is 44.8 Å². The minimum atomic E-state index is -0.187. The van der Waals surface area contributed by atoms with Crippen molar-refractivity contribution in [3.8, 4) is 17.9 Å². The molecular formula is C23H23FN4O. The lowest BCUT2D eigenvalue weighted by molar-refractivity contribution is 0.209. The van der Waals surface area contributed by atoms with Crippen LogP contribution in [0, 0.1) is 40.3 Å². The average Bonchev–Trinajstić information content (AvgIpc) is 3.28. The van der Waals surface area contributed by atoms with E-state index in [-0.39, 0.29) is 5.82 Å². The normalized spacial score (nSPS) is 21.5. The lowest BCUT2D eigenvalue weighted by Crippen LogP contribution is -2.31. The highest BCUT2D eigenvalue weighted by Crippen LogP contribution is 2.31. The molecule has 29 heavy (non-hydrogen) atoms. The lowest BCUT2D eigenvalue weighted by Gasteiger charge is -2.21. The third-order valence-corrected chi connectivity index (χ3v) is 5.85. The molecule has 0 N–H and O–H groups in total. The van der Waals surface area contributed by atoms with Gasteiger partial charge < -0.3 is 4.74 Å². The highest BCUT2D eigenvalue weighted by atomic mass is 19.1. The quantitative estimate of drug-likeness (QED) is 0.759.